The molecular weight excluding hydrogens is 174 g/mol. The predicted octanol–water partition coefficient (Wildman–Crippen LogP) is 1.62. The van der Waals surface area contributed by atoms with E-state index in [1.165, 1.54) is 12.8 Å². The number of rotatable bonds is 4. The fourth-order valence-electron chi connectivity index (χ4n) is 3.30. The van der Waals surface area contributed by atoms with Crippen molar-refractivity contribution >= 4 is 6.29 Å². The Labute approximate surface area is 85.8 Å². The number of hydrogen-bond donors (Lipinski definition) is 1. The SMILES string of the molecule is CNCC1CC(CC=O)C2CC=CC12. The minimum absolute atomic E-state index is 0.644. The fourth-order valence-corrected chi connectivity index (χ4v) is 3.30. The average molecular weight is 193 g/mol. The zero-order valence-electron chi connectivity index (χ0n) is 8.78. The highest BCUT2D eigenvalue weighted by molar-refractivity contribution is 5.50. The molecule has 0 amide bonds. The first kappa shape index (κ1) is 9.91. The van der Waals surface area contributed by atoms with Gasteiger partial charge in [-0.05, 0) is 50.1 Å². The zero-order valence-corrected chi connectivity index (χ0v) is 8.78. The molecule has 1 fully saturated rings. The highest BCUT2D eigenvalue weighted by Gasteiger charge is 2.42. The summed E-state index contributed by atoms with van der Waals surface area (Å²) >= 11 is 0. The Hall–Kier alpha value is -0.630. The van der Waals surface area contributed by atoms with Crippen LogP contribution in [0.5, 0.6) is 0 Å². The van der Waals surface area contributed by atoms with E-state index in [9.17, 15) is 4.79 Å². The van der Waals surface area contributed by atoms with Crippen LogP contribution < -0.4 is 5.32 Å². The second-order valence-corrected chi connectivity index (χ2v) is 4.62. The fraction of sp³-hybridized carbons (Fsp3) is 0.750. The summed E-state index contributed by atoms with van der Waals surface area (Å²) in [6.45, 7) is 1.10. The van der Waals surface area contributed by atoms with Crippen LogP contribution in [0.1, 0.15) is 19.3 Å². The van der Waals surface area contributed by atoms with Gasteiger partial charge in [0, 0.05) is 6.42 Å². The molecule has 0 saturated heterocycles. The summed E-state index contributed by atoms with van der Waals surface area (Å²) in [5, 5.41) is 3.26. The van der Waals surface area contributed by atoms with Crippen molar-refractivity contribution in [1.29, 1.82) is 0 Å². The molecule has 0 radical (unpaired) electrons. The van der Waals surface area contributed by atoms with Gasteiger partial charge in [0.1, 0.15) is 6.29 Å². The van der Waals surface area contributed by atoms with Crippen molar-refractivity contribution in [2.45, 2.75) is 19.3 Å². The standard InChI is InChI=1S/C12H19NO/c1-13-8-10-7-9(5-6-14)11-3-2-4-12(10)11/h2,4,6,9-13H,3,5,7-8H2,1H3. The molecular formula is C12H19NO. The second kappa shape index (κ2) is 4.26. The van der Waals surface area contributed by atoms with E-state index in [4.69, 9.17) is 0 Å². The van der Waals surface area contributed by atoms with E-state index in [1.807, 2.05) is 7.05 Å². The predicted molar refractivity (Wildman–Crippen MR) is 56.9 cm³/mol. The molecule has 0 bridgehead atoms. The molecule has 4 atom stereocenters. The molecule has 2 nitrogen and oxygen atoms in total. The van der Waals surface area contributed by atoms with Crippen LogP contribution in [0.25, 0.3) is 0 Å². The first-order valence-corrected chi connectivity index (χ1v) is 5.61. The average Bonchev–Trinajstić information content (AvgIpc) is 2.72. The maximum atomic E-state index is 10.6. The molecule has 0 aromatic rings. The first-order valence-electron chi connectivity index (χ1n) is 5.61. The van der Waals surface area contributed by atoms with Crippen molar-refractivity contribution in [1.82, 2.24) is 5.32 Å². The molecule has 2 aliphatic rings. The molecule has 1 N–H and O–H groups in total. The van der Waals surface area contributed by atoms with Crippen LogP contribution in [0, 0.1) is 23.7 Å². The normalized spacial score (nSPS) is 40.1. The Morgan fingerprint density at radius 3 is 3.07 bits per heavy atom. The summed E-state index contributed by atoms with van der Waals surface area (Å²) < 4.78 is 0. The topological polar surface area (TPSA) is 29.1 Å². The third kappa shape index (κ3) is 1.63. The Kier molecular flexibility index (Phi) is 3.02. The molecule has 0 aromatic carbocycles. The van der Waals surface area contributed by atoms with Crippen LogP contribution in [-0.2, 0) is 4.79 Å². The molecule has 0 aliphatic heterocycles. The lowest BCUT2D eigenvalue weighted by Gasteiger charge is -2.17. The number of nitrogens with one attached hydrogen (secondary N) is 1. The van der Waals surface area contributed by atoms with E-state index in [2.05, 4.69) is 17.5 Å². The molecule has 78 valence electrons. The van der Waals surface area contributed by atoms with E-state index < -0.39 is 0 Å². The Bertz CT molecular complexity index is 236. The van der Waals surface area contributed by atoms with Gasteiger partial charge in [-0.3, -0.25) is 0 Å². The summed E-state index contributed by atoms with van der Waals surface area (Å²) in [4.78, 5) is 10.6. The molecule has 14 heavy (non-hydrogen) atoms. The Balaban J connectivity index is 2.02. The van der Waals surface area contributed by atoms with Gasteiger partial charge >= 0.3 is 0 Å². The van der Waals surface area contributed by atoms with E-state index >= 15 is 0 Å². The molecule has 2 heteroatoms. The number of aldehydes is 1. The molecule has 0 aromatic heterocycles. The number of carbonyl (C=O) groups excluding carboxylic acids is 1. The maximum absolute atomic E-state index is 10.6. The summed E-state index contributed by atoms with van der Waals surface area (Å²) in [6.07, 6.45) is 8.97. The van der Waals surface area contributed by atoms with Crippen LogP contribution in [0.2, 0.25) is 0 Å². The summed E-state index contributed by atoms with van der Waals surface area (Å²) in [6, 6.07) is 0. The second-order valence-electron chi connectivity index (χ2n) is 4.62. The van der Waals surface area contributed by atoms with Gasteiger partial charge in [-0.15, -0.1) is 0 Å². The number of fused-ring (bicyclic) bond motifs is 1. The minimum Gasteiger partial charge on any atom is -0.319 e. The number of carbonyl (C=O) groups is 1. The van der Waals surface area contributed by atoms with Gasteiger partial charge < -0.3 is 10.1 Å². The monoisotopic (exact) mass is 193 g/mol. The molecule has 0 spiro atoms. The molecule has 0 heterocycles. The Morgan fingerprint density at radius 2 is 2.36 bits per heavy atom. The highest BCUT2D eigenvalue weighted by Crippen LogP contribution is 2.48. The van der Waals surface area contributed by atoms with Gasteiger partial charge in [0.15, 0.2) is 0 Å². The highest BCUT2D eigenvalue weighted by atomic mass is 16.1. The largest absolute Gasteiger partial charge is 0.319 e. The molecule has 2 aliphatic carbocycles. The van der Waals surface area contributed by atoms with Crippen molar-refractivity contribution in [3.63, 3.8) is 0 Å². The van der Waals surface area contributed by atoms with Crippen molar-refractivity contribution in [3.05, 3.63) is 12.2 Å². The lowest BCUT2D eigenvalue weighted by Crippen LogP contribution is -2.21. The minimum atomic E-state index is 0.644. The number of allylic oxidation sites excluding steroid dienone is 2. The zero-order chi connectivity index (χ0) is 9.97. The first-order chi connectivity index (χ1) is 6.86. The number of hydrogen-bond acceptors (Lipinski definition) is 2. The third-order valence-corrected chi connectivity index (χ3v) is 3.88. The van der Waals surface area contributed by atoms with E-state index in [-0.39, 0.29) is 0 Å². The van der Waals surface area contributed by atoms with Crippen LogP contribution in [0.3, 0.4) is 0 Å². The van der Waals surface area contributed by atoms with Gasteiger partial charge in [0.2, 0.25) is 0 Å². The third-order valence-electron chi connectivity index (χ3n) is 3.88. The smallest absolute Gasteiger partial charge is 0.120 e. The van der Waals surface area contributed by atoms with E-state index in [0.29, 0.717) is 5.92 Å². The van der Waals surface area contributed by atoms with E-state index in [0.717, 1.165) is 37.0 Å². The molecule has 2 rings (SSSR count). The van der Waals surface area contributed by atoms with Gasteiger partial charge in [-0.25, -0.2) is 0 Å². The van der Waals surface area contributed by atoms with Crippen molar-refractivity contribution in [2.75, 3.05) is 13.6 Å². The van der Waals surface area contributed by atoms with Gasteiger partial charge in [-0.1, -0.05) is 12.2 Å². The maximum Gasteiger partial charge on any atom is 0.120 e. The quantitative estimate of drug-likeness (QED) is 0.543. The Morgan fingerprint density at radius 1 is 1.50 bits per heavy atom. The lowest BCUT2D eigenvalue weighted by molar-refractivity contribution is -0.108. The molecule has 1 saturated carbocycles. The van der Waals surface area contributed by atoms with Crippen LogP contribution in [-0.4, -0.2) is 19.9 Å². The summed E-state index contributed by atoms with van der Waals surface area (Å²) in [5.74, 6) is 2.91. The lowest BCUT2D eigenvalue weighted by atomic mass is 9.88. The summed E-state index contributed by atoms with van der Waals surface area (Å²) in [5.41, 5.74) is 0. The van der Waals surface area contributed by atoms with Gasteiger partial charge in [-0.2, -0.15) is 0 Å². The van der Waals surface area contributed by atoms with Crippen LogP contribution in [0.15, 0.2) is 12.2 Å². The van der Waals surface area contributed by atoms with E-state index in [1.54, 1.807) is 0 Å². The summed E-state index contributed by atoms with van der Waals surface area (Å²) in [7, 11) is 2.01. The van der Waals surface area contributed by atoms with Crippen molar-refractivity contribution in [3.8, 4) is 0 Å². The van der Waals surface area contributed by atoms with Gasteiger partial charge in [0.25, 0.3) is 0 Å². The van der Waals surface area contributed by atoms with Crippen LogP contribution >= 0.6 is 0 Å². The van der Waals surface area contributed by atoms with Crippen LogP contribution in [0.4, 0.5) is 0 Å². The van der Waals surface area contributed by atoms with Crippen molar-refractivity contribution < 1.29 is 4.79 Å². The molecule has 4 unspecified atom stereocenters. The van der Waals surface area contributed by atoms with Gasteiger partial charge in [0.05, 0.1) is 0 Å². The van der Waals surface area contributed by atoms with Crippen molar-refractivity contribution in [2.24, 2.45) is 23.7 Å².